The molecule has 1 N–H and O–H groups in total. The first-order chi connectivity index (χ1) is 10.1. The lowest BCUT2D eigenvalue weighted by molar-refractivity contribution is 0.256. The molecule has 118 valence electrons. The molecule has 0 amide bonds. The molecule has 1 heterocycles. The number of hydrogen-bond acceptors (Lipinski definition) is 2. The summed E-state index contributed by atoms with van der Waals surface area (Å²) < 4.78 is 0. The summed E-state index contributed by atoms with van der Waals surface area (Å²) in [4.78, 5) is 2.63. The van der Waals surface area contributed by atoms with Gasteiger partial charge in [-0.2, -0.15) is 0 Å². The summed E-state index contributed by atoms with van der Waals surface area (Å²) in [6, 6.07) is 9.09. The van der Waals surface area contributed by atoms with E-state index in [0.717, 1.165) is 19.6 Å². The largest absolute Gasteiger partial charge is 0.313 e. The fourth-order valence-corrected chi connectivity index (χ4v) is 3.14. The normalized spacial score (nSPS) is 19.4. The van der Waals surface area contributed by atoms with E-state index in [-0.39, 0.29) is 0 Å². The fourth-order valence-electron chi connectivity index (χ4n) is 3.14. The predicted octanol–water partition coefficient (Wildman–Crippen LogP) is 4.20. The fraction of sp³-hybridized carbons (Fsp3) is 0.684. The second-order valence-electron chi connectivity index (χ2n) is 7.29. The zero-order valence-corrected chi connectivity index (χ0v) is 14.1. The van der Waals surface area contributed by atoms with Gasteiger partial charge in [0, 0.05) is 13.1 Å². The average Bonchev–Trinajstić information content (AvgIpc) is 2.61. The van der Waals surface area contributed by atoms with Crippen molar-refractivity contribution in [1.29, 1.82) is 0 Å². The first-order valence-corrected chi connectivity index (χ1v) is 8.60. The van der Waals surface area contributed by atoms with Gasteiger partial charge in [0.25, 0.3) is 0 Å². The van der Waals surface area contributed by atoms with Crippen LogP contribution in [0.4, 0.5) is 0 Å². The Bertz CT molecular complexity index is 425. The lowest BCUT2D eigenvalue weighted by Crippen LogP contribution is -2.25. The molecule has 0 radical (unpaired) electrons. The summed E-state index contributed by atoms with van der Waals surface area (Å²) >= 11 is 0. The Kier molecular flexibility index (Phi) is 6.25. The summed E-state index contributed by atoms with van der Waals surface area (Å²) in [6.07, 6.45) is 5.23. The Labute approximate surface area is 130 Å². The van der Waals surface area contributed by atoms with Crippen molar-refractivity contribution in [3.05, 3.63) is 35.4 Å². The minimum absolute atomic E-state index is 0.528. The first-order valence-electron chi connectivity index (χ1n) is 8.60. The Morgan fingerprint density at radius 1 is 1.14 bits per heavy atom. The van der Waals surface area contributed by atoms with Crippen LogP contribution in [0, 0.1) is 5.41 Å². The third-order valence-corrected chi connectivity index (χ3v) is 4.59. The summed E-state index contributed by atoms with van der Waals surface area (Å²) in [5.74, 6) is 0. The van der Waals surface area contributed by atoms with Gasteiger partial charge in [-0.15, -0.1) is 0 Å². The summed E-state index contributed by atoms with van der Waals surface area (Å²) in [6.45, 7) is 12.7. The number of likely N-dealkylation sites (tertiary alicyclic amines) is 1. The molecule has 2 nitrogen and oxygen atoms in total. The van der Waals surface area contributed by atoms with E-state index in [1.165, 1.54) is 49.9 Å². The molecular formula is C19H32N2. The van der Waals surface area contributed by atoms with Gasteiger partial charge in [0.15, 0.2) is 0 Å². The van der Waals surface area contributed by atoms with E-state index >= 15 is 0 Å². The maximum Gasteiger partial charge on any atom is 0.0233 e. The van der Waals surface area contributed by atoms with E-state index in [1.807, 2.05) is 0 Å². The van der Waals surface area contributed by atoms with Crippen molar-refractivity contribution >= 4 is 0 Å². The van der Waals surface area contributed by atoms with Gasteiger partial charge < -0.3 is 5.32 Å². The predicted molar refractivity (Wildman–Crippen MR) is 91.3 cm³/mol. The minimum atomic E-state index is 0.528. The van der Waals surface area contributed by atoms with Crippen LogP contribution in [0.3, 0.4) is 0 Å². The highest BCUT2D eigenvalue weighted by Gasteiger charge is 2.22. The van der Waals surface area contributed by atoms with Crippen molar-refractivity contribution in [3.8, 4) is 0 Å². The number of nitrogens with one attached hydrogen (secondary N) is 1. The van der Waals surface area contributed by atoms with Crippen LogP contribution >= 0.6 is 0 Å². The number of hydrogen-bond donors (Lipinski definition) is 1. The highest BCUT2D eigenvalue weighted by atomic mass is 15.1. The molecule has 0 atom stereocenters. The molecule has 0 bridgehead atoms. The van der Waals surface area contributed by atoms with Crippen molar-refractivity contribution in [3.63, 3.8) is 0 Å². The molecule has 1 aliphatic rings. The second kappa shape index (κ2) is 7.95. The lowest BCUT2D eigenvalue weighted by atomic mass is 9.85. The van der Waals surface area contributed by atoms with Crippen LogP contribution in [-0.4, -0.2) is 24.5 Å². The zero-order valence-electron chi connectivity index (χ0n) is 14.1. The number of nitrogens with zero attached hydrogens (tertiary/aromatic N) is 1. The van der Waals surface area contributed by atoms with Crippen LogP contribution in [0.2, 0.25) is 0 Å². The third-order valence-electron chi connectivity index (χ3n) is 4.59. The van der Waals surface area contributed by atoms with E-state index in [9.17, 15) is 0 Å². The summed E-state index contributed by atoms with van der Waals surface area (Å²) in [5, 5.41) is 3.49. The van der Waals surface area contributed by atoms with E-state index in [4.69, 9.17) is 0 Å². The van der Waals surface area contributed by atoms with E-state index in [0.29, 0.717) is 5.41 Å². The van der Waals surface area contributed by atoms with Gasteiger partial charge in [-0.1, -0.05) is 45.0 Å². The van der Waals surface area contributed by atoms with Gasteiger partial charge >= 0.3 is 0 Å². The molecule has 21 heavy (non-hydrogen) atoms. The molecule has 0 saturated carbocycles. The maximum atomic E-state index is 3.49. The maximum absolute atomic E-state index is 3.49. The van der Waals surface area contributed by atoms with Crippen molar-refractivity contribution in [2.75, 3.05) is 19.6 Å². The molecule has 0 aliphatic carbocycles. The molecule has 1 aliphatic heterocycles. The van der Waals surface area contributed by atoms with Gasteiger partial charge in [0.2, 0.25) is 0 Å². The third kappa shape index (κ3) is 5.80. The minimum Gasteiger partial charge on any atom is -0.313 e. The van der Waals surface area contributed by atoms with Crippen LogP contribution in [0.1, 0.15) is 57.6 Å². The number of benzene rings is 1. The van der Waals surface area contributed by atoms with Gasteiger partial charge in [0.05, 0.1) is 0 Å². The molecule has 0 unspecified atom stereocenters. The van der Waals surface area contributed by atoms with Crippen LogP contribution < -0.4 is 5.32 Å². The first kappa shape index (κ1) is 16.5. The number of rotatable bonds is 6. The smallest absolute Gasteiger partial charge is 0.0233 e. The molecule has 1 saturated heterocycles. The molecule has 1 aromatic carbocycles. The summed E-state index contributed by atoms with van der Waals surface area (Å²) in [5.41, 5.74) is 3.40. The van der Waals surface area contributed by atoms with Crippen LogP contribution in [-0.2, 0) is 13.1 Å². The van der Waals surface area contributed by atoms with Gasteiger partial charge in [-0.3, -0.25) is 4.90 Å². The standard InChI is InChI=1S/C19H32N2/c1-4-11-20-15-17-7-5-8-18(14-17)16-21-12-6-9-19(2,3)10-13-21/h5,7-8,14,20H,4,6,9-13,15-16H2,1-3H3. The molecule has 2 heteroatoms. The molecular weight excluding hydrogens is 256 g/mol. The van der Waals surface area contributed by atoms with Crippen LogP contribution in [0.25, 0.3) is 0 Å². The van der Waals surface area contributed by atoms with Crippen LogP contribution in [0.5, 0.6) is 0 Å². The van der Waals surface area contributed by atoms with Crippen LogP contribution in [0.15, 0.2) is 24.3 Å². The SMILES string of the molecule is CCCNCc1cccc(CN2CCCC(C)(C)CC2)c1. The Morgan fingerprint density at radius 2 is 1.95 bits per heavy atom. The van der Waals surface area contributed by atoms with E-state index in [1.54, 1.807) is 0 Å². The molecule has 1 aromatic rings. The monoisotopic (exact) mass is 288 g/mol. The highest BCUT2D eigenvalue weighted by Crippen LogP contribution is 2.30. The van der Waals surface area contributed by atoms with Gasteiger partial charge in [-0.05, 0) is 61.9 Å². The van der Waals surface area contributed by atoms with E-state index in [2.05, 4.69) is 55.3 Å². The quantitative estimate of drug-likeness (QED) is 0.789. The molecule has 1 fully saturated rings. The van der Waals surface area contributed by atoms with E-state index < -0.39 is 0 Å². The second-order valence-corrected chi connectivity index (χ2v) is 7.29. The lowest BCUT2D eigenvalue weighted by Gasteiger charge is -2.23. The molecule has 0 spiro atoms. The average molecular weight is 288 g/mol. The van der Waals surface area contributed by atoms with Crippen molar-refractivity contribution in [2.45, 2.75) is 59.5 Å². The van der Waals surface area contributed by atoms with Crippen molar-refractivity contribution < 1.29 is 0 Å². The Morgan fingerprint density at radius 3 is 2.76 bits per heavy atom. The molecule has 2 rings (SSSR count). The van der Waals surface area contributed by atoms with Crippen molar-refractivity contribution in [2.24, 2.45) is 5.41 Å². The molecule has 0 aromatic heterocycles. The van der Waals surface area contributed by atoms with Gasteiger partial charge in [0.1, 0.15) is 0 Å². The Hall–Kier alpha value is -0.860. The zero-order chi connectivity index (χ0) is 15.1. The Balaban J connectivity index is 1.88. The topological polar surface area (TPSA) is 15.3 Å². The summed E-state index contributed by atoms with van der Waals surface area (Å²) in [7, 11) is 0. The van der Waals surface area contributed by atoms with Gasteiger partial charge in [-0.25, -0.2) is 0 Å². The van der Waals surface area contributed by atoms with Crippen molar-refractivity contribution in [1.82, 2.24) is 10.2 Å². The highest BCUT2D eigenvalue weighted by molar-refractivity contribution is 5.23.